The van der Waals surface area contributed by atoms with Crippen molar-refractivity contribution < 1.29 is 19.4 Å². The lowest BCUT2D eigenvalue weighted by Gasteiger charge is -2.22. The van der Waals surface area contributed by atoms with Gasteiger partial charge in [0.2, 0.25) is 5.91 Å². The second-order valence-corrected chi connectivity index (χ2v) is 5.82. The molecule has 0 aliphatic carbocycles. The van der Waals surface area contributed by atoms with Crippen LogP contribution < -0.4 is 0 Å². The van der Waals surface area contributed by atoms with Gasteiger partial charge in [-0.3, -0.25) is 9.59 Å². The molecule has 1 aromatic rings. The van der Waals surface area contributed by atoms with E-state index in [0.717, 1.165) is 12.0 Å². The predicted molar refractivity (Wildman–Crippen MR) is 84.5 cm³/mol. The molecule has 122 valence electrons. The Morgan fingerprint density at radius 3 is 2.41 bits per heavy atom. The Kier molecular flexibility index (Phi) is 7.60. The van der Waals surface area contributed by atoms with E-state index >= 15 is 0 Å². The molecule has 0 bridgehead atoms. The molecular formula is C17H25NO4. The molecule has 0 radical (unpaired) electrons. The molecule has 0 spiro atoms. The monoisotopic (exact) mass is 307 g/mol. The maximum Gasteiger partial charge on any atom is 0.307 e. The molecule has 0 saturated carbocycles. The molecule has 22 heavy (non-hydrogen) atoms. The van der Waals surface area contributed by atoms with E-state index in [1.165, 1.54) is 0 Å². The van der Waals surface area contributed by atoms with E-state index in [4.69, 9.17) is 9.84 Å². The van der Waals surface area contributed by atoms with E-state index in [1.807, 2.05) is 6.07 Å². The van der Waals surface area contributed by atoms with E-state index in [-0.39, 0.29) is 25.5 Å². The van der Waals surface area contributed by atoms with Gasteiger partial charge in [-0.2, -0.15) is 0 Å². The number of ether oxygens (including phenoxy) is 1. The Bertz CT molecular complexity index is 499. The summed E-state index contributed by atoms with van der Waals surface area (Å²) in [4.78, 5) is 24.8. The Morgan fingerprint density at radius 1 is 1.23 bits per heavy atom. The minimum Gasteiger partial charge on any atom is -0.481 e. The van der Waals surface area contributed by atoms with Crippen LogP contribution in [0.4, 0.5) is 0 Å². The third-order valence-electron chi connectivity index (χ3n) is 3.32. The summed E-state index contributed by atoms with van der Waals surface area (Å²) in [7, 11) is 1.57. The molecule has 0 fully saturated rings. The Morgan fingerprint density at radius 2 is 1.86 bits per heavy atom. The molecule has 0 saturated heterocycles. The summed E-state index contributed by atoms with van der Waals surface area (Å²) < 4.78 is 5.10. The first kappa shape index (κ1) is 18.2. The average Bonchev–Trinajstić information content (AvgIpc) is 2.42. The molecular weight excluding hydrogens is 282 g/mol. The third-order valence-corrected chi connectivity index (χ3v) is 3.32. The second kappa shape index (κ2) is 9.20. The SMILES string of the molecule is COCN(CCC(C)C)C(=O)Cc1cccc(CC(=O)O)c1. The van der Waals surface area contributed by atoms with Crippen molar-refractivity contribution in [2.24, 2.45) is 5.92 Å². The van der Waals surface area contributed by atoms with Gasteiger partial charge in [0.25, 0.3) is 0 Å². The van der Waals surface area contributed by atoms with Gasteiger partial charge in [0.15, 0.2) is 0 Å². The van der Waals surface area contributed by atoms with Gasteiger partial charge in [-0.15, -0.1) is 0 Å². The molecule has 1 rings (SSSR count). The number of carbonyl (C=O) groups is 2. The van der Waals surface area contributed by atoms with E-state index in [1.54, 1.807) is 30.2 Å². The van der Waals surface area contributed by atoms with Crippen molar-refractivity contribution in [1.29, 1.82) is 0 Å². The zero-order chi connectivity index (χ0) is 16.5. The fourth-order valence-electron chi connectivity index (χ4n) is 2.14. The van der Waals surface area contributed by atoms with Gasteiger partial charge in [0.1, 0.15) is 6.73 Å². The zero-order valence-electron chi connectivity index (χ0n) is 13.5. The molecule has 0 heterocycles. The van der Waals surface area contributed by atoms with Crippen LogP contribution in [0.3, 0.4) is 0 Å². The lowest BCUT2D eigenvalue weighted by molar-refractivity contribution is -0.136. The first-order valence-electron chi connectivity index (χ1n) is 7.48. The first-order valence-corrected chi connectivity index (χ1v) is 7.48. The number of carbonyl (C=O) groups excluding carboxylic acids is 1. The van der Waals surface area contributed by atoms with Crippen molar-refractivity contribution in [1.82, 2.24) is 4.90 Å². The van der Waals surface area contributed by atoms with Crippen molar-refractivity contribution >= 4 is 11.9 Å². The van der Waals surface area contributed by atoms with Crippen LogP contribution in [-0.4, -0.2) is 42.3 Å². The molecule has 0 atom stereocenters. The van der Waals surface area contributed by atoms with Crippen LogP contribution in [0.2, 0.25) is 0 Å². The lowest BCUT2D eigenvalue weighted by atomic mass is 10.1. The number of methoxy groups -OCH3 is 1. The molecule has 0 aliphatic heterocycles. The third kappa shape index (κ3) is 6.72. The largest absolute Gasteiger partial charge is 0.481 e. The van der Waals surface area contributed by atoms with Crippen LogP contribution in [0.15, 0.2) is 24.3 Å². The summed E-state index contributed by atoms with van der Waals surface area (Å²) in [6.07, 6.45) is 1.15. The number of carboxylic acids is 1. The fraction of sp³-hybridized carbons (Fsp3) is 0.529. The number of aliphatic carboxylic acids is 1. The molecule has 5 nitrogen and oxygen atoms in total. The van der Waals surface area contributed by atoms with Gasteiger partial charge in [-0.1, -0.05) is 38.1 Å². The van der Waals surface area contributed by atoms with E-state index in [0.29, 0.717) is 18.0 Å². The zero-order valence-corrected chi connectivity index (χ0v) is 13.5. The normalized spacial score (nSPS) is 10.7. The summed E-state index contributed by atoms with van der Waals surface area (Å²) in [6, 6.07) is 7.17. The van der Waals surface area contributed by atoms with Gasteiger partial charge >= 0.3 is 5.97 Å². The van der Waals surface area contributed by atoms with E-state index < -0.39 is 5.97 Å². The van der Waals surface area contributed by atoms with E-state index in [9.17, 15) is 9.59 Å². The van der Waals surface area contributed by atoms with Crippen molar-refractivity contribution in [3.8, 4) is 0 Å². The highest BCUT2D eigenvalue weighted by Crippen LogP contribution is 2.10. The minimum absolute atomic E-state index is 0.00465. The standard InChI is InChI=1S/C17H25NO4/c1-13(2)7-8-18(12-22-3)16(19)10-14-5-4-6-15(9-14)11-17(20)21/h4-6,9,13H,7-8,10-12H2,1-3H3,(H,20,21). The molecule has 5 heteroatoms. The molecule has 1 N–H and O–H groups in total. The number of amides is 1. The maximum atomic E-state index is 12.4. The smallest absolute Gasteiger partial charge is 0.307 e. The van der Waals surface area contributed by atoms with Gasteiger partial charge in [0, 0.05) is 13.7 Å². The predicted octanol–water partition coefficient (Wildman–Crippen LogP) is 2.33. The summed E-state index contributed by atoms with van der Waals surface area (Å²) in [5, 5.41) is 8.83. The summed E-state index contributed by atoms with van der Waals surface area (Å²) in [5.74, 6) is -0.359. The van der Waals surface area contributed by atoms with Crippen LogP contribution in [0.25, 0.3) is 0 Å². The van der Waals surface area contributed by atoms with Crippen molar-refractivity contribution in [3.05, 3.63) is 35.4 Å². The Balaban J connectivity index is 2.69. The van der Waals surface area contributed by atoms with Crippen LogP contribution in [0.1, 0.15) is 31.4 Å². The van der Waals surface area contributed by atoms with Crippen molar-refractivity contribution in [2.75, 3.05) is 20.4 Å². The van der Waals surface area contributed by atoms with Gasteiger partial charge in [0.05, 0.1) is 12.8 Å². The fourth-order valence-corrected chi connectivity index (χ4v) is 2.14. The second-order valence-electron chi connectivity index (χ2n) is 5.82. The number of hydrogen-bond donors (Lipinski definition) is 1. The first-order chi connectivity index (χ1) is 10.4. The molecule has 1 aromatic carbocycles. The molecule has 0 aliphatic rings. The quantitative estimate of drug-likeness (QED) is 0.711. The Hall–Kier alpha value is -1.88. The van der Waals surface area contributed by atoms with Crippen LogP contribution >= 0.6 is 0 Å². The van der Waals surface area contributed by atoms with Crippen LogP contribution in [-0.2, 0) is 27.2 Å². The van der Waals surface area contributed by atoms with Crippen LogP contribution in [0, 0.1) is 5.92 Å². The highest BCUT2D eigenvalue weighted by molar-refractivity contribution is 5.79. The summed E-state index contributed by atoms with van der Waals surface area (Å²) in [5.41, 5.74) is 1.53. The van der Waals surface area contributed by atoms with Crippen molar-refractivity contribution in [3.63, 3.8) is 0 Å². The van der Waals surface area contributed by atoms with E-state index in [2.05, 4.69) is 13.8 Å². The number of carboxylic acid groups (broad SMARTS) is 1. The molecule has 0 aromatic heterocycles. The highest BCUT2D eigenvalue weighted by atomic mass is 16.5. The summed E-state index contributed by atoms with van der Waals surface area (Å²) >= 11 is 0. The van der Waals surface area contributed by atoms with Crippen LogP contribution in [0.5, 0.6) is 0 Å². The number of hydrogen-bond acceptors (Lipinski definition) is 3. The highest BCUT2D eigenvalue weighted by Gasteiger charge is 2.14. The Labute approximate surface area is 131 Å². The number of nitrogens with zero attached hydrogens (tertiary/aromatic N) is 1. The lowest BCUT2D eigenvalue weighted by Crippen LogP contribution is -2.35. The topological polar surface area (TPSA) is 66.8 Å². The molecule has 0 unspecified atom stereocenters. The molecule has 1 amide bonds. The minimum atomic E-state index is -0.874. The van der Waals surface area contributed by atoms with Gasteiger partial charge in [-0.25, -0.2) is 0 Å². The van der Waals surface area contributed by atoms with Crippen molar-refractivity contribution in [2.45, 2.75) is 33.1 Å². The summed E-state index contributed by atoms with van der Waals surface area (Å²) in [6.45, 7) is 5.18. The van der Waals surface area contributed by atoms with Gasteiger partial charge < -0.3 is 14.7 Å². The maximum absolute atomic E-state index is 12.4. The number of benzene rings is 1. The number of rotatable bonds is 9. The average molecular weight is 307 g/mol. The van der Waals surface area contributed by atoms with Gasteiger partial charge in [-0.05, 0) is 23.5 Å².